The molecule has 170 valence electrons. The van der Waals surface area contributed by atoms with E-state index in [0.29, 0.717) is 24.3 Å². The van der Waals surface area contributed by atoms with Gasteiger partial charge >= 0.3 is 0 Å². The smallest absolute Gasteiger partial charge is 0.0768 e. The topological polar surface area (TPSA) is 46.9 Å². The highest BCUT2D eigenvalue weighted by atomic mass is 16.3. The van der Waals surface area contributed by atoms with Gasteiger partial charge in [-0.25, -0.2) is 0 Å². The normalized spacial score (nSPS) is 55.4. The van der Waals surface area contributed by atoms with E-state index in [1.54, 1.807) is 5.57 Å². The molecule has 4 saturated carbocycles. The van der Waals surface area contributed by atoms with Crippen LogP contribution in [0.15, 0.2) is 11.3 Å². The molecule has 5 rings (SSSR count). The Morgan fingerprint density at radius 2 is 1.77 bits per heavy atom. The Morgan fingerprint density at radius 1 is 1.07 bits per heavy atom. The molecule has 0 amide bonds. The third-order valence-electron chi connectivity index (χ3n) is 11.8. The Kier molecular flexibility index (Phi) is 4.44. The number of hydrogen-bond donors (Lipinski definition) is 2. The molecule has 0 aromatic carbocycles. The van der Waals surface area contributed by atoms with Crippen molar-refractivity contribution in [1.82, 2.24) is 9.80 Å². The molecule has 0 aromatic heterocycles. The van der Waals surface area contributed by atoms with Gasteiger partial charge in [0.15, 0.2) is 0 Å². The highest BCUT2D eigenvalue weighted by Gasteiger charge is 2.73. The van der Waals surface area contributed by atoms with Crippen LogP contribution in [0.25, 0.3) is 0 Å². The van der Waals surface area contributed by atoms with E-state index < -0.39 is 11.7 Å². The van der Waals surface area contributed by atoms with E-state index in [0.717, 1.165) is 25.8 Å². The van der Waals surface area contributed by atoms with Gasteiger partial charge in [0.1, 0.15) is 0 Å². The molecule has 4 heteroatoms. The van der Waals surface area contributed by atoms with Crippen molar-refractivity contribution in [2.24, 2.45) is 34.0 Å². The van der Waals surface area contributed by atoms with Crippen molar-refractivity contribution in [1.29, 1.82) is 0 Å². The minimum absolute atomic E-state index is 0.0978. The lowest BCUT2D eigenvalue weighted by molar-refractivity contribution is -0.275. The Bertz CT molecular complexity index is 779. The summed E-state index contributed by atoms with van der Waals surface area (Å²) in [6.07, 6.45) is 7.17. The maximum absolute atomic E-state index is 12.2. The zero-order chi connectivity index (χ0) is 21.9. The molecule has 2 N–H and O–H groups in total. The van der Waals surface area contributed by atoms with Crippen LogP contribution in [0.2, 0.25) is 0 Å². The van der Waals surface area contributed by atoms with Crippen LogP contribution < -0.4 is 0 Å². The Labute approximate surface area is 183 Å². The number of fused-ring (bicyclic) bond motifs is 4. The van der Waals surface area contributed by atoms with E-state index in [2.05, 4.69) is 58.6 Å². The summed E-state index contributed by atoms with van der Waals surface area (Å²) < 4.78 is 0. The Balaban J connectivity index is 1.57. The summed E-state index contributed by atoms with van der Waals surface area (Å²) in [5.41, 5.74) is 2.69. The lowest BCUT2D eigenvalue weighted by atomic mass is 9.38. The quantitative estimate of drug-likeness (QED) is 0.681. The Morgan fingerprint density at radius 3 is 2.43 bits per heavy atom. The van der Waals surface area contributed by atoms with Crippen molar-refractivity contribution >= 4 is 0 Å². The maximum atomic E-state index is 12.2. The van der Waals surface area contributed by atoms with Gasteiger partial charge in [-0.2, -0.15) is 0 Å². The molecule has 1 spiro atoms. The first-order valence-electron chi connectivity index (χ1n) is 12.4. The minimum Gasteiger partial charge on any atom is -0.393 e. The molecule has 4 fully saturated rings. The summed E-state index contributed by atoms with van der Waals surface area (Å²) in [6, 6.07) is 0.393. The molecule has 0 radical (unpaired) electrons. The van der Waals surface area contributed by atoms with Gasteiger partial charge in [-0.15, -0.1) is 0 Å². The minimum atomic E-state index is -0.776. The molecule has 9 atom stereocenters. The van der Waals surface area contributed by atoms with Gasteiger partial charge in [-0.1, -0.05) is 20.8 Å². The molecule has 1 heterocycles. The van der Waals surface area contributed by atoms with Crippen LogP contribution in [0, 0.1) is 34.0 Å². The molecule has 0 unspecified atom stereocenters. The van der Waals surface area contributed by atoms with Crippen molar-refractivity contribution in [3.05, 3.63) is 11.3 Å². The lowest BCUT2D eigenvalue weighted by Crippen LogP contribution is -2.72. The van der Waals surface area contributed by atoms with Gasteiger partial charge in [0.25, 0.3) is 0 Å². The fraction of sp³-hybridized carbons (Fsp3) is 0.923. The highest BCUT2D eigenvalue weighted by molar-refractivity contribution is 5.38. The van der Waals surface area contributed by atoms with Gasteiger partial charge < -0.3 is 20.0 Å². The molecule has 0 bridgehead atoms. The molecular weight excluding hydrogens is 372 g/mol. The summed E-state index contributed by atoms with van der Waals surface area (Å²) in [4.78, 5) is 4.77. The predicted octanol–water partition coefficient (Wildman–Crippen LogP) is 3.88. The van der Waals surface area contributed by atoms with E-state index in [9.17, 15) is 10.2 Å². The molecule has 4 aliphatic carbocycles. The SMILES string of the molecule is CC1=C2CC[C@@]3(C)[C@@H]4[C@@H](O)C[C@@]5(O)[C@H](C)[C@@H](N(C)C)CC[C@]5(C)[C@H]4CC[C@@]23CN1C. The highest BCUT2D eigenvalue weighted by Crippen LogP contribution is 2.75. The van der Waals surface area contributed by atoms with E-state index >= 15 is 0 Å². The van der Waals surface area contributed by atoms with Crippen molar-refractivity contribution < 1.29 is 10.2 Å². The largest absolute Gasteiger partial charge is 0.393 e. The molecular formula is C26H44N2O2. The van der Waals surface area contributed by atoms with Gasteiger partial charge in [-0.3, -0.25) is 0 Å². The van der Waals surface area contributed by atoms with E-state index in [4.69, 9.17) is 0 Å². The second kappa shape index (κ2) is 6.26. The van der Waals surface area contributed by atoms with Gasteiger partial charge in [0, 0.05) is 43.1 Å². The van der Waals surface area contributed by atoms with Crippen LogP contribution in [0.4, 0.5) is 0 Å². The molecule has 30 heavy (non-hydrogen) atoms. The lowest BCUT2D eigenvalue weighted by Gasteiger charge is -2.69. The molecule has 1 aliphatic heterocycles. The first-order valence-corrected chi connectivity index (χ1v) is 12.4. The third kappa shape index (κ3) is 2.19. The van der Waals surface area contributed by atoms with Gasteiger partial charge in [-0.05, 0) is 87.8 Å². The number of aliphatic hydroxyl groups excluding tert-OH is 1. The van der Waals surface area contributed by atoms with E-state index in [-0.39, 0.29) is 22.2 Å². The predicted molar refractivity (Wildman–Crippen MR) is 121 cm³/mol. The first kappa shape index (κ1) is 21.3. The van der Waals surface area contributed by atoms with Gasteiger partial charge in [0.05, 0.1) is 11.7 Å². The average molecular weight is 417 g/mol. The standard InChI is InChI=1S/C26H44N2O2/c1-16-20(27(5)6)10-12-23(3)19-9-13-25-15-28(7)17(2)18(25)8-11-24(25,4)22(19)21(29)14-26(16,23)30/h16,19-22,29-30H,8-15H2,1-7H3/t16-,19+,20+,21+,22+,23-,24+,25-,26-/m1/s1. The maximum Gasteiger partial charge on any atom is 0.0768 e. The van der Waals surface area contributed by atoms with Crippen molar-refractivity contribution in [2.45, 2.75) is 90.4 Å². The number of aliphatic hydroxyl groups is 2. The molecule has 4 nitrogen and oxygen atoms in total. The monoisotopic (exact) mass is 416 g/mol. The molecule has 0 aromatic rings. The summed E-state index contributed by atoms with van der Waals surface area (Å²) >= 11 is 0. The number of hydrogen-bond acceptors (Lipinski definition) is 4. The molecule has 5 aliphatic rings. The fourth-order valence-corrected chi connectivity index (χ4v) is 10.0. The van der Waals surface area contributed by atoms with Crippen LogP contribution in [0.5, 0.6) is 0 Å². The van der Waals surface area contributed by atoms with Crippen LogP contribution >= 0.6 is 0 Å². The molecule has 0 saturated heterocycles. The number of nitrogens with zero attached hydrogens (tertiary/aromatic N) is 2. The second-order valence-electron chi connectivity index (χ2n) is 12.6. The summed E-state index contributed by atoms with van der Waals surface area (Å²) in [5.74, 6) is 0.902. The number of allylic oxidation sites excluding steroid dienone is 1. The summed E-state index contributed by atoms with van der Waals surface area (Å²) in [6.45, 7) is 10.6. The van der Waals surface area contributed by atoms with Crippen LogP contribution in [-0.2, 0) is 0 Å². The van der Waals surface area contributed by atoms with Crippen molar-refractivity contribution in [3.8, 4) is 0 Å². The van der Waals surface area contributed by atoms with E-state index in [1.165, 1.54) is 25.0 Å². The van der Waals surface area contributed by atoms with Crippen molar-refractivity contribution in [2.75, 3.05) is 27.7 Å². The Hall–Kier alpha value is -0.580. The van der Waals surface area contributed by atoms with Crippen LogP contribution in [0.3, 0.4) is 0 Å². The zero-order valence-electron chi connectivity index (χ0n) is 20.3. The third-order valence-corrected chi connectivity index (χ3v) is 11.8. The van der Waals surface area contributed by atoms with E-state index in [1.807, 2.05) is 0 Å². The van der Waals surface area contributed by atoms with Gasteiger partial charge in [0.2, 0.25) is 0 Å². The average Bonchev–Trinajstić information content (AvgIpc) is 3.09. The number of rotatable bonds is 1. The zero-order valence-corrected chi connectivity index (χ0v) is 20.3. The van der Waals surface area contributed by atoms with Crippen LogP contribution in [-0.4, -0.2) is 65.4 Å². The summed E-state index contributed by atoms with van der Waals surface area (Å²) in [7, 11) is 6.54. The fourth-order valence-electron chi connectivity index (χ4n) is 10.0. The van der Waals surface area contributed by atoms with Crippen LogP contribution in [0.1, 0.15) is 72.6 Å². The second-order valence-corrected chi connectivity index (χ2v) is 12.6. The van der Waals surface area contributed by atoms with Crippen molar-refractivity contribution in [3.63, 3.8) is 0 Å². The summed E-state index contributed by atoms with van der Waals surface area (Å²) in [5, 5.41) is 24.0. The first-order chi connectivity index (χ1) is 13.9.